The number of benzene rings is 3. The number of imidazole rings is 1. The molecule has 0 aliphatic rings. The average Bonchev–Trinajstić information content (AvgIpc) is 3.22. The average molecular weight is 442 g/mol. The van der Waals surface area contributed by atoms with E-state index < -0.39 is 0 Å². The smallest absolute Gasteiger partial charge is 0.157 e. The third kappa shape index (κ3) is 3.89. The Bertz CT molecular complexity index is 1570. The molecule has 2 aromatic heterocycles. The van der Waals surface area contributed by atoms with Gasteiger partial charge in [0, 0.05) is 0 Å². The van der Waals surface area contributed by atoms with Crippen molar-refractivity contribution in [3.8, 4) is 17.3 Å². The molecule has 2 heterocycles. The fraction of sp³-hybridized carbons (Fsp3) is 0.161. The lowest BCUT2D eigenvalue weighted by Gasteiger charge is -2.18. The monoisotopic (exact) mass is 441 g/mol. The molecule has 3 aromatic carbocycles. The van der Waals surface area contributed by atoms with Crippen LogP contribution in [0.15, 0.2) is 78.9 Å². The van der Waals surface area contributed by atoms with Crippen LogP contribution < -0.4 is 0 Å². The van der Waals surface area contributed by atoms with Crippen LogP contribution in [0, 0.1) is 18.3 Å². The van der Waals surface area contributed by atoms with Crippen LogP contribution in [0.1, 0.15) is 48.6 Å². The van der Waals surface area contributed by atoms with Crippen molar-refractivity contribution in [1.82, 2.24) is 9.38 Å². The molecule has 0 atom stereocenters. The Morgan fingerprint density at radius 3 is 2.26 bits per heavy atom. The molecule has 34 heavy (non-hydrogen) atoms. The summed E-state index contributed by atoms with van der Waals surface area (Å²) in [4.78, 5) is 4.85. The van der Waals surface area contributed by atoms with Crippen LogP contribution in [0.3, 0.4) is 0 Å². The van der Waals surface area contributed by atoms with Crippen LogP contribution in [0.4, 0.5) is 0 Å². The maximum atomic E-state index is 10.1. The third-order valence-corrected chi connectivity index (χ3v) is 6.30. The molecule has 5 rings (SSSR count). The third-order valence-electron chi connectivity index (χ3n) is 6.30. The first-order valence-electron chi connectivity index (χ1n) is 11.5. The van der Waals surface area contributed by atoms with Gasteiger partial charge in [-0.3, -0.25) is 4.40 Å². The minimum absolute atomic E-state index is 0.118. The Hall–Kier alpha value is -4.16. The normalized spacial score (nSPS) is 12.0. The second kappa shape index (κ2) is 8.32. The number of fused-ring (bicyclic) bond motifs is 3. The zero-order chi connectivity index (χ0) is 23.9. The van der Waals surface area contributed by atoms with Gasteiger partial charge < -0.3 is 0 Å². The van der Waals surface area contributed by atoms with Crippen molar-refractivity contribution in [2.75, 3.05) is 0 Å². The molecular weight excluding hydrogens is 414 g/mol. The van der Waals surface area contributed by atoms with Gasteiger partial charge in [-0.1, -0.05) is 99.2 Å². The van der Waals surface area contributed by atoms with Gasteiger partial charge in [-0.05, 0) is 52.8 Å². The summed E-state index contributed by atoms with van der Waals surface area (Å²) in [6.45, 7) is 8.73. The fourth-order valence-corrected chi connectivity index (χ4v) is 4.31. The standard InChI is InChI=1S/C31H27N3/c1-21-9-14-23(15-10-21)29-19-24(16-11-22-12-17-25(18-13-22)31(2,3)4)26(20-32)30-33-27-7-5-6-8-28(27)34(29)30/h5-19H,1-4H3. The molecule has 0 saturated heterocycles. The zero-order valence-electron chi connectivity index (χ0n) is 20.0. The highest BCUT2D eigenvalue weighted by Crippen LogP contribution is 2.31. The number of hydrogen-bond acceptors (Lipinski definition) is 2. The van der Waals surface area contributed by atoms with Crippen LogP contribution in [0.5, 0.6) is 0 Å². The highest BCUT2D eigenvalue weighted by atomic mass is 15.0. The number of pyridine rings is 1. The van der Waals surface area contributed by atoms with Gasteiger partial charge in [0.2, 0.25) is 0 Å². The number of aryl methyl sites for hydroxylation is 1. The Morgan fingerprint density at radius 1 is 0.882 bits per heavy atom. The Morgan fingerprint density at radius 2 is 1.59 bits per heavy atom. The highest BCUT2D eigenvalue weighted by Gasteiger charge is 2.17. The molecule has 3 nitrogen and oxygen atoms in total. The number of nitrogens with zero attached hydrogens (tertiary/aromatic N) is 3. The first kappa shape index (κ1) is 21.7. The van der Waals surface area contributed by atoms with Crippen LogP contribution in [-0.2, 0) is 5.41 Å². The van der Waals surface area contributed by atoms with Gasteiger partial charge in [0.05, 0.1) is 16.7 Å². The molecule has 0 N–H and O–H groups in total. The van der Waals surface area contributed by atoms with Gasteiger partial charge in [-0.15, -0.1) is 0 Å². The van der Waals surface area contributed by atoms with Crippen LogP contribution in [0.2, 0.25) is 0 Å². The number of aromatic nitrogens is 2. The van der Waals surface area contributed by atoms with E-state index in [0.29, 0.717) is 11.2 Å². The van der Waals surface area contributed by atoms with Gasteiger partial charge in [-0.25, -0.2) is 4.98 Å². The molecule has 166 valence electrons. The van der Waals surface area contributed by atoms with Gasteiger partial charge in [0.1, 0.15) is 11.6 Å². The number of rotatable bonds is 3. The highest BCUT2D eigenvalue weighted by molar-refractivity contribution is 5.89. The van der Waals surface area contributed by atoms with Crippen molar-refractivity contribution in [3.05, 3.63) is 107 Å². The van der Waals surface area contributed by atoms with Gasteiger partial charge in [0.15, 0.2) is 5.65 Å². The predicted octanol–water partition coefficient (Wildman–Crippen LogP) is 7.80. The molecule has 0 aliphatic heterocycles. The van der Waals surface area contributed by atoms with Gasteiger partial charge >= 0.3 is 0 Å². The minimum atomic E-state index is 0.118. The summed E-state index contributed by atoms with van der Waals surface area (Å²) in [6.07, 6.45) is 4.10. The summed E-state index contributed by atoms with van der Waals surface area (Å²) in [6, 6.07) is 29.7. The van der Waals surface area contributed by atoms with Crippen molar-refractivity contribution >= 4 is 28.8 Å². The van der Waals surface area contributed by atoms with Crippen molar-refractivity contribution < 1.29 is 0 Å². The number of hydrogen-bond donors (Lipinski definition) is 0. The Balaban J connectivity index is 1.70. The topological polar surface area (TPSA) is 41.1 Å². The molecule has 3 heteroatoms. The Kier molecular flexibility index (Phi) is 5.30. The SMILES string of the molecule is Cc1ccc(-c2cc(C=Cc3ccc(C(C)(C)C)cc3)c(C#N)c3nc4ccccc4n23)cc1. The Labute approximate surface area is 200 Å². The second-order valence-corrected chi connectivity index (χ2v) is 9.80. The lowest BCUT2D eigenvalue weighted by Crippen LogP contribution is -2.10. The van der Waals surface area contributed by atoms with Crippen molar-refractivity contribution in [3.63, 3.8) is 0 Å². The predicted molar refractivity (Wildman–Crippen MR) is 142 cm³/mol. The first-order chi connectivity index (χ1) is 16.3. The van der Waals surface area contributed by atoms with E-state index >= 15 is 0 Å². The zero-order valence-corrected chi connectivity index (χ0v) is 20.0. The van der Waals surface area contributed by atoms with E-state index in [9.17, 15) is 5.26 Å². The lowest BCUT2D eigenvalue weighted by molar-refractivity contribution is 0.590. The summed E-state index contributed by atoms with van der Waals surface area (Å²) >= 11 is 0. The molecular formula is C31H27N3. The molecule has 0 fully saturated rings. The van der Waals surface area contributed by atoms with E-state index in [1.54, 1.807) is 0 Å². The maximum absolute atomic E-state index is 10.1. The number of para-hydroxylation sites is 2. The molecule has 5 aromatic rings. The first-order valence-corrected chi connectivity index (χ1v) is 11.5. The van der Waals surface area contributed by atoms with Crippen LogP contribution >= 0.6 is 0 Å². The summed E-state index contributed by atoms with van der Waals surface area (Å²) in [5.41, 5.74) is 9.84. The largest absolute Gasteiger partial charge is 0.291 e. The summed E-state index contributed by atoms with van der Waals surface area (Å²) < 4.78 is 2.11. The molecule has 0 saturated carbocycles. The van der Waals surface area contributed by atoms with Crippen molar-refractivity contribution in [2.24, 2.45) is 0 Å². The maximum Gasteiger partial charge on any atom is 0.157 e. The fourth-order valence-electron chi connectivity index (χ4n) is 4.31. The van der Waals surface area contributed by atoms with E-state index in [1.165, 1.54) is 11.1 Å². The molecule has 0 aliphatic carbocycles. The quantitative estimate of drug-likeness (QED) is 0.286. The van der Waals surface area contributed by atoms with E-state index in [0.717, 1.165) is 33.4 Å². The summed E-state index contributed by atoms with van der Waals surface area (Å²) in [5, 5.41) is 10.1. The minimum Gasteiger partial charge on any atom is -0.291 e. The molecule has 0 unspecified atom stereocenters. The number of nitriles is 1. The van der Waals surface area contributed by atoms with Crippen LogP contribution in [-0.4, -0.2) is 9.38 Å². The second-order valence-electron chi connectivity index (χ2n) is 9.80. The molecule has 0 amide bonds. The summed E-state index contributed by atoms with van der Waals surface area (Å²) in [7, 11) is 0. The molecule has 0 bridgehead atoms. The van der Waals surface area contributed by atoms with Crippen molar-refractivity contribution in [1.29, 1.82) is 5.26 Å². The summed E-state index contributed by atoms with van der Waals surface area (Å²) in [5.74, 6) is 0. The lowest BCUT2D eigenvalue weighted by atomic mass is 9.86. The van der Waals surface area contributed by atoms with E-state index in [1.807, 2.05) is 24.3 Å². The molecule has 0 radical (unpaired) electrons. The van der Waals surface area contributed by atoms with E-state index in [2.05, 4.69) is 105 Å². The molecule has 0 spiro atoms. The van der Waals surface area contributed by atoms with E-state index in [4.69, 9.17) is 4.98 Å². The van der Waals surface area contributed by atoms with Gasteiger partial charge in [-0.2, -0.15) is 5.26 Å². The van der Waals surface area contributed by atoms with Crippen molar-refractivity contribution in [2.45, 2.75) is 33.1 Å². The van der Waals surface area contributed by atoms with Gasteiger partial charge in [0.25, 0.3) is 0 Å². The van der Waals surface area contributed by atoms with Crippen LogP contribution in [0.25, 0.3) is 40.1 Å². The van der Waals surface area contributed by atoms with E-state index in [-0.39, 0.29) is 5.41 Å².